The molecule has 1 fully saturated rings. The molecular formula is C14H19NO. The first-order valence-corrected chi connectivity index (χ1v) is 6.10. The van der Waals surface area contributed by atoms with Crippen LogP contribution >= 0.6 is 0 Å². The summed E-state index contributed by atoms with van der Waals surface area (Å²) in [6, 6.07) is 6.19. The molecule has 1 saturated heterocycles. The fraction of sp³-hybridized carbons (Fsp3) is 0.500. The van der Waals surface area contributed by atoms with Crippen LogP contribution in [-0.4, -0.2) is 23.9 Å². The Morgan fingerprint density at radius 3 is 2.56 bits per heavy atom. The third kappa shape index (κ3) is 2.26. The maximum Gasteiger partial charge on any atom is 0.253 e. The van der Waals surface area contributed by atoms with Crippen molar-refractivity contribution in [2.75, 3.05) is 13.1 Å². The average molecular weight is 217 g/mol. The van der Waals surface area contributed by atoms with Gasteiger partial charge in [-0.2, -0.15) is 0 Å². The zero-order valence-electron chi connectivity index (χ0n) is 10.1. The van der Waals surface area contributed by atoms with Gasteiger partial charge in [0.2, 0.25) is 0 Å². The Morgan fingerprint density at radius 2 is 1.94 bits per heavy atom. The summed E-state index contributed by atoms with van der Waals surface area (Å²) in [6.45, 7) is 6.03. The Balaban J connectivity index is 2.24. The number of benzene rings is 1. The van der Waals surface area contributed by atoms with Crippen LogP contribution in [0.3, 0.4) is 0 Å². The molecule has 0 spiro atoms. The van der Waals surface area contributed by atoms with Crippen LogP contribution in [-0.2, 0) is 6.42 Å². The van der Waals surface area contributed by atoms with Crippen molar-refractivity contribution in [1.82, 2.24) is 4.90 Å². The van der Waals surface area contributed by atoms with Gasteiger partial charge in [-0.3, -0.25) is 4.79 Å². The maximum absolute atomic E-state index is 12.2. The van der Waals surface area contributed by atoms with E-state index >= 15 is 0 Å². The molecule has 1 aromatic rings. The first-order valence-electron chi connectivity index (χ1n) is 6.10. The molecule has 1 heterocycles. The average Bonchev–Trinajstić information content (AvgIpc) is 2.80. The third-order valence-corrected chi connectivity index (χ3v) is 3.19. The second kappa shape index (κ2) is 4.69. The lowest BCUT2D eigenvalue weighted by atomic mass is 10.0. The Bertz CT molecular complexity index is 392. The molecule has 0 aromatic heterocycles. The van der Waals surface area contributed by atoms with Gasteiger partial charge in [0.25, 0.3) is 5.91 Å². The quantitative estimate of drug-likeness (QED) is 0.746. The molecule has 1 aliphatic rings. The minimum absolute atomic E-state index is 0.205. The van der Waals surface area contributed by atoms with Crippen molar-refractivity contribution in [3.8, 4) is 0 Å². The van der Waals surface area contributed by atoms with Crippen molar-refractivity contribution < 1.29 is 4.79 Å². The summed E-state index contributed by atoms with van der Waals surface area (Å²) in [5.74, 6) is 0.205. The van der Waals surface area contributed by atoms with Gasteiger partial charge in [0.1, 0.15) is 0 Å². The molecule has 1 amide bonds. The number of carbonyl (C=O) groups excluding carboxylic acids is 1. The largest absolute Gasteiger partial charge is 0.339 e. The van der Waals surface area contributed by atoms with Crippen molar-refractivity contribution in [1.29, 1.82) is 0 Å². The molecule has 2 rings (SSSR count). The minimum Gasteiger partial charge on any atom is -0.339 e. The van der Waals surface area contributed by atoms with E-state index in [0.717, 1.165) is 37.9 Å². The smallest absolute Gasteiger partial charge is 0.253 e. The van der Waals surface area contributed by atoms with Gasteiger partial charge in [-0.05, 0) is 43.9 Å². The Hall–Kier alpha value is -1.31. The van der Waals surface area contributed by atoms with Crippen LogP contribution in [0.25, 0.3) is 0 Å². The number of hydrogen-bond acceptors (Lipinski definition) is 1. The summed E-state index contributed by atoms with van der Waals surface area (Å²) >= 11 is 0. The van der Waals surface area contributed by atoms with Crippen LogP contribution in [0, 0.1) is 6.92 Å². The van der Waals surface area contributed by atoms with Crippen molar-refractivity contribution in [2.45, 2.75) is 33.1 Å². The molecule has 1 aliphatic heterocycles. The summed E-state index contributed by atoms with van der Waals surface area (Å²) < 4.78 is 0. The van der Waals surface area contributed by atoms with Gasteiger partial charge in [-0.15, -0.1) is 0 Å². The number of likely N-dealkylation sites (tertiary alicyclic amines) is 1. The van der Waals surface area contributed by atoms with Crippen LogP contribution in [0.15, 0.2) is 18.2 Å². The van der Waals surface area contributed by atoms with Crippen LogP contribution in [0.1, 0.15) is 41.3 Å². The third-order valence-electron chi connectivity index (χ3n) is 3.19. The number of amides is 1. The van der Waals surface area contributed by atoms with Gasteiger partial charge in [-0.1, -0.05) is 18.6 Å². The van der Waals surface area contributed by atoms with E-state index < -0.39 is 0 Å². The van der Waals surface area contributed by atoms with E-state index in [-0.39, 0.29) is 5.91 Å². The SMILES string of the molecule is CCc1cc(C)cc(C(=O)N2CCCC2)c1. The predicted octanol–water partition coefficient (Wildman–Crippen LogP) is 2.79. The van der Waals surface area contributed by atoms with E-state index in [1.165, 1.54) is 11.1 Å². The summed E-state index contributed by atoms with van der Waals surface area (Å²) in [5, 5.41) is 0. The molecule has 2 heteroatoms. The highest BCUT2D eigenvalue weighted by molar-refractivity contribution is 5.94. The number of aryl methyl sites for hydroxylation is 2. The van der Waals surface area contributed by atoms with Gasteiger partial charge >= 0.3 is 0 Å². The summed E-state index contributed by atoms with van der Waals surface area (Å²) in [4.78, 5) is 14.2. The summed E-state index contributed by atoms with van der Waals surface area (Å²) in [6.07, 6.45) is 3.29. The number of hydrogen-bond donors (Lipinski definition) is 0. The van der Waals surface area contributed by atoms with E-state index in [1.54, 1.807) is 0 Å². The molecule has 0 saturated carbocycles. The van der Waals surface area contributed by atoms with E-state index in [1.807, 2.05) is 17.0 Å². The van der Waals surface area contributed by atoms with Gasteiger partial charge in [0.15, 0.2) is 0 Å². The normalized spacial score (nSPS) is 15.5. The van der Waals surface area contributed by atoms with E-state index in [2.05, 4.69) is 19.9 Å². The molecule has 0 N–H and O–H groups in total. The Morgan fingerprint density at radius 1 is 1.25 bits per heavy atom. The summed E-state index contributed by atoms with van der Waals surface area (Å²) in [5.41, 5.74) is 3.29. The molecule has 0 radical (unpaired) electrons. The highest BCUT2D eigenvalue weighted by Crippen LogP contribution is 2.16. The van der Waals surface area contributed by atoms with Crippen molar-refractivity contribution in [3.63, 3.8) is 0 Å². The Kier molecular flexibility index (Phi) is 3.28. The fourth-order valence-corrected chi connectivity index (χ4v) is 2.29. The maximum atomic E-state index is 12.2. The molecule has 16 heavy (non-hydrogen) atoms. The molecule has 0 atom stereocenters. The van der Waals surface area contributed by atoms with Gasteiger partial charge in [0.05, 0.1) is 0 Å². The van der Waals surface area contributed by atoms with Gasteiger partial charge in [-0.25, -0.2) is 0 Å². The second-order valence-corrected chi connectivity index (χ2v) is 4.56. The lowest BCUT2D eigenvalue weighted by molar-refractivity contribution is 0.0792. The van der Waals surface area contributed by atoms with Gasteiger partial charge in [0, 0.05) is 18.7 Å². The van der Waals surface area contributed by atoms with Crippen molar-refractivity contribution in [2.24, 2.45) is 0 Å². The van der Waals surface area contributed by atoms with Crippen molar-refractivity contribution >= 4 is 5.91 Å². The van der Waals surface area contributed by atoms with Gasteiger partial charge < -0.3 is 4.90 Å². The first kappa shape index (κ1) is 11.2. The standard InChI is InChI=1S/C14H19NO/c1-3-12-8-11(2)9-13(10-12)14(16)15-6-4-5-7-15/h8-10H,3-7H2,1-2H3. The van der Waals surface area contributed by atoms with Crippen molar-refractivity contribution in [3.05, 3.63) is 34.9 Å². The van der Waals surface area contributed by atoms with E-state index in [4.69, 9.17) is 0 Å². The second-order valence-electron chi connectivity index (χ2n) is 4.56. The molecule has 2 nitrogen and oxygen atoms in total. The highest BCUT2D eigenvalue weighted by Gasteiger charge is 2.19. The highest BCUT2D eigenvalue weighted by atomic mass is 16.2. The zero-order valence-corrected chi connectivity index (χ0v) is 10.1. The topological polar surface area (TPSA) is 20.3 Å². The predicted molar refractivity (Wildman–Crippen MR) is 65.7 cm³/mol. The zero-order chi connectivity index (χ0) is 11.5. The first-order chi connectivity index (χ1) is 7.70. The lowest BCUT2D eigenvalue weighted by Gasteiger charge is -2.16. The Labute approximate surface area is 97.3 Å². The molecule has 1 aromatic carbocycles. The number of rotatable bonds is 2. The molecule has 0 unspecified atom stereocenters. The summed E-state index contributed by atoms with van der Waals surface area (Å²) in [7, 11) is 0. The number of carbonyl (C=O) groups is 1. The minimum atomic E-state index is 0.205. The van der Waals surface area contributed by atoms with Crippen LogP contribution in [0.5, 0.6) is 0 Å². The molecule has 0 bridgehead atoms. The van der Waals surface area contributed by atoms with Crippen LogP contribution in [0.4, 0.5) is 0 Å². The molecule has 86 valence electrons. The number of nitrogens with zero attached hydrogens (tertiary/aromatic N) is 1. The molecule has 0 aliphatic carbocycles. The molecular weight excluding hydrogens is 198 g/mol. The fourth-order valence-electron chi connectivity index (χ4n) is 2.29. The van der Waals surface area contributed by atoms with Crippen LogP contribution in [0.2, 0.25) is 0 Å². The van der Waals surface area contributed by atoms with Crippen LogP contribution < -0.4 is 0 Å². The van der Waals surface area contributed by atoms with E-state index in [0.29, 0.717) is 0 Å². The monoisotopic (exact) mass is 217 g/mol. The van der Waals surface area contributed by atoms with E-state index in [9.17, 15) is 4.79 Å². The lowest BCUT2D eigenvalue weighted by Crippen LogP contribution is -2.27.